The monoisotopic (exact) mass is 230 g/mol. The van der Waals surface area contributed by atoms with Crippen molar-refractivity contribution in [2.75, 3.05) is 0 Å². The van der Waals surface area contributed by atoms with Crippen LogP contribution in [0.4, 0.5) is 0 Å². The fourth-order valence-corrected chi connectivity index (χ4v) is 0.954. The Morgan fingerprint density at radius 3 is 2.36 bits per heavy atom. The number of benzene rings is 1. The van der Waals surface area contributed by atoms with Gasteiger partial charge in [0.1, 0.15) is 5.60 Å². The third-order valence-corrected chi connectivity index (χ3v) is 3.98. The maximum absolute atomic E-state index is 5.74. The first-order valence-corrected chi connectivity index (χ1v) is 6.44. The van der Waals surface area contributed by atoms with E-state index in [9.17, 15) is 0 Å². The third-order valence-electron chi connectivity index (χ3n) is 2.03. The topological polar surface area (TPSA) is 18.5 Å². The van der Waals surface area contributed by atoms with E-state index < -0.39 is 0 Å². The molecule has 1 aromatic rings. The van der Waals surface area contributed by atoms with Gasteiger partial charge in [-0.15, -0.1) is 0 Å². The van der Waals surface area contributed by atoms with Crippen LogP contribution in [0.25, 0.3) is 0 Å². The predicted molar refractivity (Wildman–Crippen MR) is 62.0 cm³/mol. The summed E-state index contributed by atoms with van der Waals surface area (Å²) in [6.07, 6.45) is 0. The molecule has 0 aliphatic heterocycles. The lowest BCUT2D eigenvalue weighted by Crippen LogP contribution is -2.25. The van der Waals surface area contributed by atoms with Gasteiger partial charge < -0.3 is 4.89 Å². The van der Waals surface area contributed by atoms with Crippen molar-refractivity contribution in [3.8, 4) is 5.75 Å². The molecule has 0 N–H and O–H groups in total. The highest BCUT2D eigenvalue weighted by Crippen LogP contribution is 2.19. The second kappa shape index (κ2) is 4.82. The first-order valence-electron chi connectivity index (χ1n) is 4.65. The highest BCUT2D eigenvalue weighted by Gasteiger charge is 2.17. The molecule has 1 aromatic carbocycles. The molecular weight excluding hydrogens is 216 g/mol. The van der Waals surface area contributed by atoms with Gasteiger partial charge >= 0.3 is 0 Å². The molecular formula is C10H15ClO2Si. The van der Waals surface area contributed by atoms with E-state index in [1.807, 2.05) is 13.8 Å². The first kappa shape index (κ1) is 11.6. The lowest BCUT2D eigenvalue weighted by Gasteiger charge is -2.21. The Morgan fingerprint density at radius 1 is 1.29 bits per heavy atom. The average molecular weight is 231 g/mol. The van der Waals surface area contributed by atoms with Gasteiger partial charge in [0, 0.05) is 15.3 Å². The lowest BCUT2D eigenvalue weighted by molar-refractivity contribution is -0.274. The van der Waals surface area contributed by atoms with Gasteiger partial charge in [0.2, 0.25) is 0 Å². The summed E-state index contributed by atoms with van der Waals surface area (Å²) in [4.78, 5) is 10.5. The summed E-state index contributed by atoms with van der Waals surface area (Å²) in [5.74, 6) is 0.678. The van der Waals surface area contributed by atoms with Gasteiger partial charge in [-0.25, -0.2) is 0 Å². The Morgan fingerprint density at radius 2 is 1.86 bits per heavy atom. The molecule has 0 aliphatic carbocycles. The minimum atomic E-state index is -0.203. The zero-order valence-electron chi connectivity index (χ0n) is 8.71. The maximum Gasteiger partial charge on any atom is 0.165 e. The Bertz CT molecular complexity index is 285. The van der Waals surface area contributed by atoms with Crippen molar-refractivity contribution in [3.63, 3.8) is 0 Å². The van der Waals surface area contributed by atoms with E-state index in [0.29, 0.717) is 10.8 Å². The van der Waals surface area contributed by atoms with Crippen LogP contribution in [-0.4, -0.2) is 15.8 Å². The fraction of sp³-hybridized carbons (Fsp3) is 0.400. The van der Waals surface area contributed by atoms with Crippen LogP contribution in [0.1, 0.15) is 13.8 Å². The fourth-order valence-electron chi connectivity index (χ4n) is 0.710. The number of halogens is 1. The minimum absolute atomic E-state index is 0.203. The molecule has 0 heterocycles. The second-order valence-electron chi connectivity index (χ2n) is 3.73. The van der Waals surface area contributed by atoms with Crippen LogP contribution in [0.3, 0.4) is 0 Å². The van der Waals surface area contributed by atoms with E-state index in [-0.39, 0.29) is 5.60 Å². The summed E-state index contributed by atoms with van der Waals surface area (Å²) in [7, 11) is 1.10. The van der Waals surface area contributed by atoms with Gasteiger partial charge in [-0.05, 0) is 44.2 Å². The van der Waals surface area contributed by atoms with Crippen molar-refractivity contribution in [3.05, 3.63) is 29.3 Å². The molecule has 0 fully saturated rings. The van der Waals surface area contributed by atoms with Crippen molar-refractivity contribution < 1.29 is 9.78 Å². The van der Waals surface area contributed by atoms with Crippen molar-refractivity contribution >= 4 is 21.8 Å². The van der Waals surface area contributed by atoms with Crippen molar-refractivity contribution in [1.82, 2.24) is 0 Å². The minimum Gasteiger partial charge on any atom is -0.337 e. The molecule has 0 aromatic heterocycles. The van der Waals surface area contributed by atoms with Gasteiger partial charge in [-0.3, -0.25) is 0 Å². The van der Waals surface area contributed by atoms with E-state index in [2.05, 4.69) is 0 Å². The Balaban J connectivity index is 2.50. The Labute approximate surface area is 92.5 Å². The summed E-state index contributed by atoms with van der Waals surface area (Å²) < 4.78 is 0. The molecule has 0 atom stereocenters. The van der Waals surface area contributed by atoms with Crippen molar-refractivity contribution in [1.29, 1.82) is 0 Å². The normalized spacial score (nSPS) is 11.6. The highest BCUT2D eigenvalue weighted by atomic mass is 35.5. The van der Waals surface area contributed by atoms with Gasteiger partial charge in [-0.1, -0.05) is 11.6 Å². The van der Waals surface area contributed by atoms with Gasteiger partial charge in [0.05, 0.1) is 0 Å². The standard InChI is InChI=1S/C10H15ClO2Si/c1-10(2,7-14)13-12-9-5-3-8(11)4-6-9/h3-6H,7H2,1-2,14H3. The number of hydrogen-bond acceptors (Lipinski definition) is 2. The SMILES string of the molecule is CC(C)(C[SiH3])OOc1ccc(Cl)cc1. The molecule has 0 unspecified atom stereocenters. The predicted octanol–water partition coefficient (Wildman–Crippen LogP) is 2.21. The van der Waals surface area contributed by atoms with Crippen molar-refractivity contribution in [2.45, 2.75) is 25.5 Å². The highest BCUT2D eigenvalue weighted by molar-refractivity contribution is 6.30. The van der Waals surface area contributed by atoms with Crippen molar-refractivity contribution in [2.24, 2.45) is 0 Å². The summed E-state index contributed by atoms with van der Waals surface area (Å²) in [6, 6.07) is 8.14. The van der Waals surface area contributed by atoms with Gasteiger partial charge in [0.25, 0.3) is 0 Å². The van der Waals surface area contributed by atoms with E-state index in [1.165, 1.54) is 0 Å². The number of rotatable bonds is 4. The van der Waals surface area contributed by atoms with Crippen LogP contribution in [0, 0.1) is 0 Å². The summed E-state index contributed by atoms with van der Waals surface area (Å²) in [5.41, 5.74) is -0.203. The molecule has 2 nitrogen and oxygen atoms in total. The number of hydrogen-bond donors (Lipinski definition) is 0. The largest absolute Gasteiger partial charge is 0.337 e. The molecule has 78 valence electrons. The molecule has 0 amide bonds. The Kier molecular flexibility index (Phi) is 3.98. The van der Waals surface area contributed by atoms with Crippen LogP contribution >= 0.6 is 11.6 Å². The molecule has 14 heavy (non-hydrogen) atoms. The molecule has 0 radical (unpaired) electrons. The molecule has 0 saturated carbocycles. The van der Waals surface area contributed by atoms with Crippen LogP contribution in [0.5, 0.6) is 5.75 Å². The third kappa shape index (κ3) is 3.70. The van der Waals surface area contributed by atoms with E-state index in [1.54, 1.807) is 24.3 Å². The molecule has 1 rings (SSSR count). The smallest absolute Gasteiger partial charge is 0.165 e. The van der Waals surface area contributed by atoms with Crippen LogP contribution in [0.2, 0.25) is 11.1 Å². The quantitative estimate of drug-likeness (QED) is 0.449. The molecule has 0 saturated heterocycles. The average Bonchev–Trinajstić information content (AvgIpc) is 2.17. The summed E-state index contributed by atoms with van der Waals surface area (Å²) in [6.45, 7) is 4.02. The van der Waals surface area contributed by atoms with E-state index in [0.717, 1.165) is 16.3 Å². The lowest BCUT2D eigenvalue weighted by atomic mass is 10.2. The molecule has 4 heteroatoms. The van der Waals surface area contributed by atoms with Crippen LogP contribution in [-0.2, 0) is 4.89 Å². The van der Waals surface area contributed by atoms with Crippen LogP contribution < -0.4 is 4.89 Å². The summed E-state index contributed by atoms with van der Waals surface area (Å²) >= 11 is 5.74. The zero-order chi connectivity index (χ0) is 10.6. The van der Waals surface area contributed by atoms with Gasteiger partial charge in [-0.2, -0.15) is 4.89 Å². The molecule has 0 bridgehead atoms. The van der Waals surface area contributed by atoms with E-state index in [4.69, 9.17) is 21.4 Å². The maximum atomic E-state index is 5.74. The first-order chi connectivity index (χ1) is 6.53. The summed E-state index contributed by atoms with van der Waals surface area (Å²) in [5, 5.41) is 0.694. The van der Waals surface area contributed by atoms with E-state index >= 15 is 0 Å². The second-order valence-corrected chi connectivity index (χ2v) is 4.88. The zero-order valence-corrected chi connectivity index (χ0v) is 11.5. The van der Waals surface area contributed by atoms with Gasteiger partial charge in [0.15, 0.2) is 5.75 Å². The molecule has 0 aliphatic rings. The molecule has 0 spiro atoms. The van der Waals surface area contributed by atoms with Crippen LogP contribution in [0.15, 0.2) is 24.3 Å². The Hall–Kier alpha value is -0.513.